The summed E-state index contributed by atoms with van der Waals surface area (Å²) in [6, 6.07) is 1.17. The Morgan fingerprint density at radius 3 is 2.30 bits per heavy atom. The Hall–Kier alpha value is -1.68. The van der Waals surface area contributed by atoms with E-state index < -0.39 is 36.2 Å². The summed E-state index contributed by atoms with van der Waals surface area (Å²) in [5.41, 5.74) is -1.05. The average molecular weight is 289 g/mol. The number of nitrogens with one attached hydrogen (secondary N) is 1. The van der Waals surface area contributed by atoms with Crippen LogP contribution in [0.15, 0.2) is 15.7 Å². The summed E-state index contributed by atoms with van der Waals surface area (Å²) in [7, 11) is 2.78. The lowest BCUT2D eigenvalue weighted by molar-refractivity contribution is -0.0715. The van der Waals surface area contributed by atoms with Gasteiger partial charge in [-0.25, -0.2) is 4.79 Å². The molecule has 0 amide bonds. The molecule has 0 saturated heterocycles. The normalized spacial score (nSPS) is 15.7. The minimum absolute atomic E-state index is 0.169. The second-order valence-electron chi connectivity index (χ2n) is 4.46. The van der Waals surface area contributed by atoms with Gasteiger partial charge in [0.2, 0.25) is 0 Å². The standard InChI is InChI=1S/C11H19N3O6/c1-13-8(3-9(18)14(2)11(13)20)12-4-6(16)10(19)7(17)5-15/h3,6-7,10,12,15-17,19H,4-5H2,1-2H3/t6-,7-,10+/m1/s1. The fourth-order valence-electron chi connectivity index (χ4n) is 1.60. The first-order valence-corrected chi connectivity index (χ1v) is 5.95. The first-order valence-electron chi connectivity index (χ1n) is 5.95. The van der Waals surface area contributed by atoms with Gasteiger partial charge in [-0.1, -0.05) is 0 Å². The van der Waals surface area contributed by atoms with Crippen molar-refractivity contribution in [3.63, 3.8) is 0 Å². The van der Waals surface area contributed by atoms with Gasteiger partial charge in [-0.15, -0.1) is 0 Å². The van der Waals surface area contributed by atoms with Gasteiger partial charge in [-0.2, -0.15) is 0 Å². The summed E-state index contributed by atoms with van der Waals surface area (Å²) in [6.45, 7) is -0.902. The number of rotatable bonds is 6. The Morgan fingerprint density at radius 2 is 1.75 bits per heavy atom. The van der Waals surface area contributed by atoms with Crippen molar-refractivity contribution in [2.45, 2.75) is 18.3 Å². The molecule has 20 heavy (non-hydrogen) atoms. The van der Waals surface area contributed by atoms with Crippen LogP contribution in [-0.2, 0) is 14.1 Å². The summed E-state index contributed by atoms with van der Waals surface area (Å²) in [4.78, 5) is 23.1. The second kappa shape index (κ2) is 6.66. The molecule has 0 spiro atoms. The molecule has 9 nitrogen and oxygen atoms in total. The molecule has 1 aromatic rings. The van der Waals surface area contributed by atoms with E-state index in [0.717, 1.165) is 4.57 Å². The third-order valence-electron chi connectivity index (χ3n) is 2.99. The van der Waals surface area contributed by atoms with Crippen LogP contribution in [0.25, 0.3) is 0 Å². The summed E-state index contributed by atoms with van der Waals surface area (Å²) in [6.07, 6.45) is -4.40. The van der Waals surface area contributed by atoms with E-state index in [2.05, 4.69) is 5.32 Å². The van der Waals surface area contributed by atoms with Gasteiger partial charge >= 0.3 is 5.69 Å². The number of aliphatic hydroxyl groups is 4. The maximum absolute atomic E-state index is 11.6. The molecule has 3 atom stereocenters. The molecule has 1 aromatic heterocycles. The number of anilines is 1. The zero-order chi connectivity index (χ0) is 15.4. The second-order valence-corrected chi connectivity index (χ2v) is 4.46. The summed E-state index contributed by atoms with van der Waals surface area (Å²) < 4.78 is 2.09. The highest BCUT2D eigenvalue weighted by Gasteiger charge is 2.24. The Balaban J connectivity index is 2.81. The fourth-order valence-corrected chi connectivity index (χ4v) is 1.60. The predicted octanol–water partition coefficient (Wildman–Crippen LogP) is -3.43. The molecule has 5 N–H and O–H groups in total. The lowest BCUT2D eigenvalue weighted by Gasteiger charge is -2.22. The topological polar surface area (TPSA) is 137 Å². The number of aromatic nitrogens is 2. The van der Waals surface area contributed by atoms with Crippen molar-refractivity contribution < 1.29 is 20.4 Å². The Morgan fingerprint density at radius 1 is 1.15 bits per heavy atom. The maximum Gasteiger partial charge on any atom is 0.332 e. The van der Waals surface area contributed by atoms with Crippen LogP contribution in [0, 0.1) is 0 Å². The van der Waals surface area contributed by atoms with Crippen molar-refractivity contribution in [2.75, 3.05) is 18.5 Å². The maximum atomic E-state index is 11.6. The predicted molar refractivity (Wildman–Crippen MR) is 70.5 cm³/mol. The quantitative estimate of drug-likeness (QED) is 0.367. The number of nitrogens with zero attached hydrogens (tertiary/aromatic N) is 2. The van der Waals surface area contributed by atoms with Crippen LogP contribution < -0.4 is 16.6 Å². The first kappa shape index (κ1) is 16.4. The first-order chi connectivity index (χ1) is 9.29. The third kappa shape index (κ3) is 3.45. The van der Waals surface area contributed by atoms with Crippen LogP contribution in [-0.4, -0.2) is 61.0 Å². The van der Waals surface area contributed by atoms with Gasteiger partial charge in [0.05, 0.1) is 12.7 Å². The van der Waals surface area contributed by atoms with Gasteiger partial charge in [0.15, 0.2) is 0 Å². The van der Waals surface area contributed by atoms with Crippen molar-refractivity contribution in [3.8, 4) is 0 Å². The van der Waals surface area contributed by atoms with E-state index in [-0.39, 0.29) is 12.4 Å². The zero-order valence-electron chi connectivity index (χ0n) is 11.2. The molecular weight excluding hydrogens is 270 g/mol. The highest BCUT2D eigenvalue weighted by molar-refractivity contribution is 5.33. The minimum atomic E-state index is -1.55. The van der Waals surface area contributed by atoms with Crippen LogP contribution in [0.3, 0.4) is 0 Å². The molecule has 0 unspecified atom stereocenters. The van der Waals surface area contributed by atoms with Crippen LogP contribution in [0.4, 0.5) is 5.82 Å². The zero-order valence-corrected chi connectivity index (χ0v) is 11.2. The Kier molecular flexibility index (Phi) is 5.45. The molecule has 1 rings (SSSR count). The molecule has 9 heteroatoms. The summed E-state index contributed by atoms with van der Waals surface area (Å²) in [5.74, 6) is 0.169. The molecule has 114 valence electrons. The smallest absolute Gasteiger partial charge is 0.332 e. The monoisotopic (exact) mass is 289 g/mol. The molecule has 0 aliphatic carbocycles. The van der Waals surface area contributed by atoms with Crippen LogP contribution in [0.2, 0.25) is 0 Å². The van der Waals surface area contributed by atoms with Crippen LogP contribution in [0.1, 0.15) is 0 Å². The molecular formula is C11H19N3O6. The minimum Gasteiger partial charge on any atom is -0.394 e. The third-order valence-corrected chi connectivity index (χ3v) is 2.99. The van der Waals surface area contributed by atoms with Crippen molar-refractivity contribution >= 4 is 5.82 Å². The average Bonchev–Trinajstić information content (AvgIpc) is 2.45. The van der Waals surface area contributed by atoms with Crippen molar-refractivity contribution in [3.05, 3.63) is 26.9 Å². The lowest BCUT2D eigenvalue weighted by Crippen LogP contribution is -2.44. The largest absolute Gasteiger partial charge is 0.394 e. The van der Waals surface area contributed by atoms with E-state index in [0.29, 0.717) is 0 Å². The van der Waals surface area contributed by atoms with E-state index >= 15 is 0 Å². The SMILES string of the molecule is Cn1c(NC[C@@H](O)[C@H](O)[C@H](O)CO)cc(=O)n(C)c1=O. The molecule has 0 saturated carbocycles. The van der Waals surface area contributed by atoms with E-state index in [4.69, 9.17) is 5.11 Å². The molecule has 1 heterocycles. The molecule has 0 bridgehead atoms. The van der Waals surface area contributed by atoms with E-state index in [9.17, 15) is 24.9 Å². The van der Waals surface area contributed by atoms with Gasteiger partial charge in [-0.3, -0.25) is 13.9 Å². The van der Waals surface area contributed by atoms with Crippen molar-refractivity contribution in [1.82, 2.24) is 9.13 Å². The van der Waals surface area contributed by atoms with E-state index in [1.165, 1.54) is 24.7 Å². The van der Waals surface area contributed by atoms with E-state index in [1.54, 1.807) is 0 Å². The molecule has 0 radical (unpaired) electrons. The van der Waals surface area contributed by atoms with Crippen LogP contribution in [0.5, 0.6) is 0 Å². The van der Waals surface area contributed by atoms with Crippen LogP contribution >= 0.6 is 0 Å². The molecule has 0 aliphatic heterocycles. The summed E-state index contributed by atoms with van der Waals surface area (Å²) in [5, 5.41) is 39.5. The highest BCUT2D eigenvalue weighted by atomic mass is 16.4. The number of aliphatic hydroxyl groups excluding tert-OH is 4. The molecule has 0 aromatic carbocycles. The van der Waals surface area contributed by atoms with Gasteiger partial charge in [0, 0.05) is 26.7 Å². The van der Waals surface area contributed by atoms with Crippen molar-refractivity contribution in [2.24, 2.45) is 14.1 Å². The fraction of sp³-hybridized carbons (Fsp3) is 0.636. The summed E-state index contributed by atoms with van der Waals surface area (Å²) >= 11 is 0. The van der Waals surface area contributed by atoms with Crippen molar-refractivity contribution in [1.29, 1.82) is 0 Å². The Bertz CT molecular complexity index is 566. The molecule has 0 aliphatic rings. The van der Waals surface area contributed by atoms with Gasteiger partial charge < -0.3 is 25.7 Å². The number of hydrogen-bond acceptors (Lipinski definition) is 7. The highest BCUT2D eigenvalue weighted by Crippen LogP contribution is 2.03. The molecule has 0 fully saturated rings. The van der Waals surface area contributed by atoms with Gasteiger partial charge in [-0.05, 0) is 0 Å². The Labute approximate surface area is 114 Å². The lowest BCUT2D eigenvalue weighted by atomic mass is 10.1. The number of hydrogen-bond donors (Lipinski definition) is 5. The van der Waals surface area contributed by atoms with Gasteiger partial charge in [0.1, 0.15) is 18.0 Å². The van der Waals surface area contributed by atoms with E-state index in [1.807, 2.05) is 0 Å². The van der Waals surface area contributed by atoms with Gasteiger partial charge in [0.25, 0.3) is 5.56 Å².